The molecule has 0 radical (unpaired) electrons. The average molecular weight is 596 g/mol. The molecule has 2 bridgehead atoms. The topological polar surface area (TPSA) is 73.8 Å². The number of benzene rings is 3. The molecule has 0 amide bonds. The second-order valence-electron chi connectivity index (χ2n) is 13.7. The van der Waals surface area contributed by atoms with Gasteiger partial charge in [-0.2, -0.15) is 9.97 Å². The van der Waals surface area contributed by atoms with Crippen molar-refractivity contribution in [3.8, 4) is 22.9 Å². The number of piperazine rings is 1. The van der Waals surface area contributed by atoms with Crippen molar-refractivity contribution in [1.29, 1.82) is 0 Å². The molecule has 4 fully saturated rings. The van der Waals surface area contributed by atoms with Crippen LogP contribution in [0.1, 0.15) is 57.4 Å². The third-order valence-corrected chi connectivity index (χ3v) is 11.1. The monoisotopic (exact) mass is 595 g/mol. The molecule has 1 aromatic heterocycles. The highest BCUT2D eigenvalue weighted by Crippen LogP contribution is 2.48. The lowest BCUT2D eigenvalue weighted by Gasteiger charge is -2.44. The van der Waals surface area contributed by atoms with Gasteiger partial charge in [-0.15, -0.1) is 0 Å². The van der Waals surface area contributed by atoms with E-state index < -0.39 is 5.82 Å². The van der Waals surface area contributed by atoms with Crippen LogP contribution < -0.4 is 15.0 Å². The molecule has 8 rings (SSSR count). The van der Waals surface area contributed by atoms with E-state index in [0.717, 1.165) is 73.9 Å². The van der Waals surface area contributed by atoms with Crippen LogP contribution in [0.4, 0.5) is 10.2 Å². The molecule has 4 aromatic rings. The molecular formula is C36H42FN5O2. The number of hydrogen-bond donors (Lipinski definition) is 2. The van der Waals surface area contributed by atoms with E-state index in [9.17, 15) is 5.11 Å². The Morgan fingerprint density at radius 3 is 2.66 bits per heavy atom. The van der Waals surface area contributed by atoms with E-state index in [0.29, 0.717) is 41.2 Å². The minimum absolute atomic E-state index is 0.0943. The van der Waals surface area contributed by atoms with Crippen molar-refractivity contribution in [3.63, 3.8) is 0 Å². The van der Waals surface area contributed by atoms with Gasteiger partial charge in [-0.1, -0.05) is 37.6 Å². The third kappa shape index (κ3) is 4.60. The van der Waals surface area contributed by atoms with Crippen LogP contribution in [0.3, 0.4) is 0 Å². The van der Waals surface area contributed by atoms with Crippen LogP contribution in [-0.4, -0.2) is 71.4 Å². The first-order valence-electron chi connectivity index (χ1n) is 16.5. The number of piperidine rings is 1. The van der Waals surface area contributed by atoms with E-state index in [1.165, 1.54) is 19.3 Å². The fraction of sp³-hybridized carbons (Fsp3) is 0.500. The van der Waals surface area contributed by atoms with Crippen molar-refractivity contribution in [3.05, 3.63) is 53.8 Å². The molecule has 3 saturated heterocycles. The number of nitrogens with zero attached hydrogens (tertiary/aromatic N) is 4. The maximum Gasteiger partial charge on any atom is 0.319 e. The molecule has 1 saturated carbocycles. The van der Waals surface area contributed by atoms with Crippen LogP contribution in [0.15, 0.2) is 42.5 Å². The molecule has 4 atom stereocenters. The van der Waals surface area contributed by atoms with Gasteiger partial charge in [0.2, 0.25) is 0 Å². The second-order valence-corrected chi connectivity index (χ2v) is 13.7. The van der Waals surface area contributed by atoms with Crippen LogP contribution >= 0.6 is 0 Å². The van der Waals surface area contributed by atoms with Crippen LogP contribution in [0.25, 0.3) is 32.8 Å². The molecule has 7 nitrogen and oxygen atoms in total. The molecule has 0 spiro atoms. The maximum absolute atomic E-state index is 16.9. The number of aromatic nitrogens is 2. The highest BCUT2D eigenvalue weighted by atomic mass is 19.1. The Bertz CT molecular complexity index is 1730. The SMILES string of the molecule is CCc1cccc2cc(O)cc(-c3ccc4c(N5CC6CCC(C5)N6)nc(OC[C@]56CCCC5N(C)CCC6)nc4c3F)c12. The number of aromatic hydroxyl groups is 1. The Morgan fingerprint density at radius 1 is 1.02 bits per heavy atom. The predicted octanol–water partition coefficient (Wildman–Crippen LogP) is 6.44. The quantitative estimate of drug-likeness (QED) is 0.266. The number of phenols is 1. The molecule has 1 aliphatic carbocycles. The Balaban J connectivity index is 1.26. The van der Waals surface area contributed by atoms with Crippen LogP contribution in [0, 0.1) is 11.2 Å². The highest BCUT2D eigenvalue weighted by molar-refractivity contribution is 6.03. The van der Waals surface area contributed by atoms with E-state index in [2.05, 4.69) is 35.2 Å². The first-order valence-corrected chi connectivity index (χ1v) is 16.5. The lowest BCUT2D eigenvalue weighted by molar-refractivity contribution is 0.0133. The Kier molecular flexibility index (Phi) is 6.90. The number of ether oxygens (including phenoxy) is 1. The van der Waals surface area contributed by atoms with Gasteiger partial charge in [0.25, 0.3) is 0 Å². The van der Waals surface area contributed by atoms with Gasteiger partial charge in [0, 0.05) is 47.6 Å². The molecule has 8 heteroatoms. The highest BCUT2D eigenvalue weighted by Gasteiger charge is 2.47. The number of aryl methyl sites for hydroxylation is 1. The summed E-state index contributed by atoms with van der Waals surface area (Å²) in [5.41, 5.74) is 2.59. The Labute approximate surface area is 258 Å². The van der Waals surface area contributed by atoms with E-state index in [1.807, 2.05) is 24.3 Å². The van der Waals surface area contributed by atoms with Gasteiger partial charge in [-0.25, -0.2) is 4.39 Å². The summed E-state index contributed by atoms with van der Waals surface area (Å²) in [6.45, 7) is 5.45. The van der Waals surface area contributed by atoms with Crippen LogP contribution in [0.5, 0.6) is 11.8 Å². The fourth-order valence-electron chi connectivity index (χ4n) is 8.99. The van der Waals surface area contributed by atoms with E-state index in [4.69, 9.17) is 14.7 Å². The fourth-order valence-corrected chi connectivity index (χ4v) is 8.99. The normalized spacial score (nSPS) is 26.9. The lowest BCUT2D eigenvalue weighted by atomic mass is 9.76. The van der Waals surface area contributed by atoms with Crippen molar-refractivity contribution >= 4 is 27.5 Å². The van der Waals surface area contributed by atoms with Crippen LogP contribution in [0.2, 0.25) is 0 Å². The average Bonchev–Trinajstić information content (AvgIpc) is 3.62. The van der Waals surface area contributed by atoms with Crippen molar-refractivity contribution in [2.24, 2.45) is 5.41 Å². The summed E-state index contributed by atoms with van der Waals surface area (Å²) in [4.78, 5) is 14.6. The smallest absolute Gasteiger partial charge is 0.319 e. The van der Waals surface area contributed by atoms with Crippen molar-refractivity contribution in [2.75, 3.05) is 38.2 Å². The second kappa shape index (κ2) is 10.8. The van der Waals surface area contributed by atoms with Gasteiger partial charge in [-0.3, -0.25) is 0 Å². The lowest BCUT2D eigenvalue weighted by Crippen LogP contribution is -2.51. The summed E-state index contributed by atoms with van der Waals surface area (Å²) in [7, 11) is 2.24. The van der Waals surface area contributed by atoms with Gasteiger partial charge in [0.15, 0.2) is 5.82 Å². The molecule has 3 aliphatic heterocycles. The number of nitrogens with one attached hydrogen (secondary N) is 1. The minimum Gasteiger partial charge on any atom is -0.508 e. The van der Waals surface area contributed by atoms with Crippen molar-refractivity contribution < 1.29 is 14.2 Å². The van der Waals surface area contributed by atoms with Gasteiger partial charge in [0.1, 0.15) is 17.1 Å². The Hall–Kier alpha value is -3.49. The number of hydrogen-bond acceptors (Lipinski definition) is 7. The molecule has 4 heterocycles. The first kappa shape index (κ1) is 28.0. The van der Waals surface area contributed by atoms with Crippen LogP contribution in [-0.2, 0) is 6.42 Å². The third-order valence-electron chi connectivity index (χ3n) is 11.1. The molecule has 230 valence electrons. The summed E-state index contributed by atoms with van der Waals surface area (Å²) in [6.07, 6.45) is 8.96. The van der Waals surface area contributed by atoms with E-state index >= 15 is 4.39 Å². The standard InChI is InChI=1S/C36H42FN5O2/c1-3-22-7-4-8-23-17-26(43)18-29(31(22)23)27-12-13-28-33(32(27)37)39-35(40-34(28)42-19-24-10-11-25(20-42)38-24)44-21-36-14-5-9-30(36)41(2)16-6-15-36/h4,7-8,12-13,17-18,24-25,30,38,43H,3,5-6,9-11,14-16,19-21H2,1-2H3/t24?,25?,30?,36-/m1/s1. The number of likely N-dealkylation sites (tertiary alicyclic amines) is 1. The van der Waals surface area contributed by atoms with Gasteiger partial charge in [0.05, 0.1) is 6.61 Å². The molecule has 3 unspecified atom stereocenters. The van der Waals surface area contributed by atoms with Crippen molar-refractivity contribution in [1.82, 2.24) is 20.2 Å². The molecule has 44 heavy (non-hydrogen) atoms. The largest absolute Gasteiger partial charge is 0.508 e. The summed E-state index contributed by atoms with van der Waals surface area (Å²) in [5, 5.41) is 16.9. The zero-order valence-electron chi connectivity index (χ0n) is 25.8. The number of anilines is 1. The van der Waals surface area contributed by atoms with Crippen molar-refractivity contribution in [2.45, 2.75) is 76.4 Å². The Morgan fingerprint density at radius 2 is 1.84 bits per heavy atom. The maximum atomic E-state index is 16.9. The first-order chi connectivity index (χ1) is 21.4. The summed E-state index contributed by atoms with van der Waals surface area (Å²) < 4.78 is 23.5. The zero-order chi connectivity index (χ0) is 30.0. The molecule has 3 aromatic carbocycles. The van der Waals surface area contributed by atoms with E-state index in [1.54, 1.807) is 12.1 Å². The molecular weight excluding hydrogens is 553 g/mol. The summed E-state index contributed by atoms with van der Waals surface area (Å²) in [5.74, 6) is 0.470. The van der Waals surface area contributed by atoms with Gasteiger partial charge >= 0.3 is 6.01 Å². The van der Waals surface area contributed by atoms with Gasteiger partial charge < -0.3 is 25.0 Å². The summed E-state index contributed by atoms with van der Waals surface area (Å²) in [6, 6.07) is 14.9. The minimum atomic E-state index is -0.402. The number of fused-ring (bicyclic) bond motifs is 5. The number of rotatable bonds is 6. The van der Waals surface area contributed by atoms with E-state index in [-0.39, 0.29) is 22.7 Å². The van der Waals surface area contributed by atoms with Gasteiger partial charge in [-0.05, 0) is 98.6 Å². The number of phenolic OH excluding ortho intramolecular Hbond substituents is 1. The molecule has 4 aliphatic rings. The molecule has 2 N–H and O–H groups in total. The predicted molar refractivity (Wildman–Crippen MR) is 173 cm³/mol. The summed E-state index contributed by atoms with van der Waals surface area (Å²) >= 11 is 0. The zero-order valence-corrected chi connectivity index (χ0v) is 25.8. The number of halogens is 1.